The molecule has 84 valence electrons. The van der Waals surface area contributed by atoms with Gasteiger partial charge < -0.3 is 15.2 Å². The molecule has 0 saturated carbocycles. The van der Waals surface area contributed by atoms with Crippen molar-refractivity contribution >= 4 is 0 Å². The van der Waals surface area contributed by atoms with Crippen LogP contribution >= 0.6 is 0 Å². The van der Waals surface area contributed by atoms with Gasteiger partial charge in [0.25, 0.3) is 0 Å². The Hall–Kier alpha value is -1.13. The maximum Gasteiger partial charge on any atom is 0.137 e. The second-order valence-corrected chi connectivity index (χ2v) is 3.69. The summed E-state index contributed by atoms with van der Waals surface area (Å²) in [7, 11) is 1.63. The van der Waals surface area contributed by atoms with Crippen LogP contribution in [0.3, 0.4) is 0 Å². The van der Waals surface area contributed by atoms with Crippen LogP contribution in [-0.2, 0) is 10.3 Å². The van der Waals surface area contributed by atoms with Gasteiger partial charge in [0.2, 0.25) is 0 Å². The Kier molecular flexibility index (Phi) is 4.05. The van der Waals surface area contributed by atoms with Crippen molar-refractivity contribution in [2.45, 2.75) is 19.4 Å². The molecule has 1 aromatic rings. The number of pyridine rings is 1. The molecule has 0 radical (unpaired) electrons. The molecule has 4 nitrogen and oxygen atoms in total. The van der Waals surface area contributed by atoms with E-state index in [1.807, 2.05) is 19.9 Å². The first kappa shape index (κ1) is 11.9. The first-order valence-corrected chi connectivity index (χ1v) is 4.96. The Balaban J connectivity index is 2.88. The van der Waals surface area contributed by atoms with Crippen LogP contribution in [-0.4, -0.2) is 25.3 Å². The number of aromatic nitrogens is 1. The third-order valence-electron chi connectivity index (χ3n) is 2.13. The van der Waals surface area contributed by atoms with Crippen LogP contribution in [0.4, 0.5) is 0 Å². The molecule has 0 amide bonds. The molecule has 15 heavy (non-hydrogen) atoms. The molecule has 2 N–H and O–H groups in total. The third kappa shape index (κ3) is 3.18. The first-order chi connectivity index (χ1) is 7.10. The van der Waals surface area contributed by atoms with Gasteiger partial charge in [-0.1, -0.05) is 0 Å². The second-order valence-electron chi connectivity index (χ2n) is 3.69. The van der Waals surface area contributed by atoms with E-state index in [0.29, 0.717) is 13.2 Å². The number of hydrogen-bond donors (Lipinski definition) is 1. The van der Waals surface area contributed by atoms with Crippen molar-refractivity contribution in [3.8, 4) is 5.75 Å². The molecule has 0 spiro atoms. The topological polar surface area (TPSA) is 57.4 Å². The molecule has 0 aromatic carbocycles. The number of rotatable bonds is 5. The summed E-state index contributed by atoms with van der Waals surface area (Å²) < 4.78 is 10.4. The average molecular weight is 210 g/mol. The van der Waals surface area contributed by atoms with Crippen LogP contribution in [0.5, 0.6) is 5.75 Å². The van der Waals surface area contributed by atoms with E-state index in [-0.39, 0.29) is 0 Å². The van der Waals surface area contributed by atoms with Crippen LogP contribution in [0, 0.1) is 0 Å². The van der Waals surface area contributed by atoms with E-state index < -0.39 is 5.54 Å². The number of nitrogens with two attached hydrogens (primary N) is 1. The van der Waals surface area contributed by atoms with Crippen LogP contribution in [0.2, 0.25) is 0 Å². The predicted octanol–water partition coefficient (Wildman–Crippen LogP) is 1.30. The normalized spacial score (nSPS) is 14.7. The zero-order valence-corrected chi connectivity index (χ0v) is 9.49. The minimum atomic E-state index is -0.533. The molecular formula is C11H18N2O2. The summed E-state index contributed by atoms with van der Waals surface area (Å²) in [4.78, 5) is 4.09. The lowest BCUT2D eigenvalue weighted by molar-refractivity contribution is 0.140. The van der Waals surface area contributed by atoms with Crippen LogP contribution < -0.4 is 10.5 Å². The van der Waals surface area contributed by atoms with Crippen molar-refractivity contribution in [1.82, 2.24) is 4.98 Å². The Labute approximate surface area is 90.4 Å². The third-order valence-corrected chi connectivity index (χ3v) is 2.13. The SMILES string of the molecule is CCOc1cncc(C(C)(N)COC)c1. The molecule has 0 saturated heterocycles. The lowest BCUT2D eigenvalue weighted by atomic mass is 9.96. The molecule has 0 aliphatic rings. The number of ether oxygens (including phenoxy) is 2. The Bertz CT molecular complexity index is 313. The van der Waals surface area contributed by atoms with Gasteiger partial charge in [0.15, 0.2) is 0 Å². The van der Waals surface area contributed by atoms with Crippen molar-refractivity contribution in [2.24, 2.45) is 5.73 Å². The fraction of sp³-hybridized carbons (Fsp3) is 0.545. The van der Waals surface area contributed by atoms with Crippen molar-refractivity contribution in [3.63, 3.8) is 0 Å². The zero-order valence-electron chi connectivity index (χ0n) is 9.49. The minimum absolute atomic E-state index is 0.449. The van der Waals surface area contributed by atoms with Gasteiger partial charge in [0, 0.05) is 13.3 Å². The second kappa shape index (κ2) is 5.09. The van der Waals surface area contributed by atoms with E-state index in [9.17, 15) is 0 Å². The standard InChI is InChI=1S/C11H18N2O2/c1-4-15-10-5-9(6-13-7-10)11(2,12)8-14-3/h5-7H,4,8,12H2,1-3H3. The number of hydrogen-bond acceptors (Lipinski definition) is 4. The molecule has 1 rings (SSSR count). The van der Waals surface area contributed by atoms with Crippen LogP contribution in [0.25, 0.3) is 0 Å². The monoisotopic (exact) mass is 210 g/mol. The number of methoxy groups -OCH3 is 1. The van der Waals surface area contributed by atoms with Gasteiger partial charge in [-0.2, -0.15) is 0 Å². The van der Waals surface area contributed by atoms with Gasteiger partial charge in [-0.3, -0.25) is 4.98 Å². The Morgan fingerprint density at radius 3 is 2.80 bits per heavy atom. The van der Waals surface area contributed by atoms with E-state index in [1.54, 1.807) is 19.5 Å². The minimum Gasteiger partial charge on any atom is -0.492 e. The summed E-state index contributed by atoms with van der Waals surface area (Å²) in [5, 5.41) is 0. The molecule has 0 aliphatic heterocycles. The quantitative estimate of drug-likeness (QED) is 0.796. The molecule has 4 heteroatoms. The van der Waals surface area contributed by atoms with Gasteiger partial charge >= 0.3 is 0 Å². The molecule has 1 atom stereocenters. The zero-order chi connectivity index (χ0) is 11.3. The van der Waals surface area contributed by atoms with Crippen LogP contribution in [0.15, 0.2) is 18.5 Å². The molecule has 1 unspecified atom stereocenters. The average Bonchev–Trinajstić information content (AvgIpc) is 2.19. The highest BCUT2D eigenvalue weighted by atomic mass is 16.5. The summed E-state index contributed by atoms with van der Waals surface area (Å²) in [6.45, 7) is 4.91. The smallest absolute Gasteiger partial charge is 0.137 e. The van der Waals surface area contributed by atoms with Crippen molar-refractivity contribution < 1.29 is 9.47 Å². The highest BCUT2D eigenvalue weighted by Gasteiger charge is 2.21. The fourth-order valence-electron chi connectivity index (χ4n) is 1.36. The fourth-order valence-corrected chi connectivity index (χ4v) is 1.36. The lowest BCUT2D eigenvalue weighted by Gasteiger charge is -2.24. The Morgan fingerprint density at radius 2 is 2.20 bits per heavy atom. The van der Waals surface area contributed by atoms with Crippen LogP contribution in [0.1, 0.15) is 19.4 Å². The highest BCUT2D eigenvalue weighted by Crippen LogP contribution is 2.21. The predicted molar refractivity (Wildman–Crippen MR) is 58.8 cm³/mol. The maximum absolute atomic E-state index is 6.09. The molecule has 0 bridgehead atoms. The van der Waals surface area contributed by atoms with E-state index in [4.69, 9.17) is 15.2 Å². The number of nitrogens with zero attached hydrogens (tertiary/aromatic N) is 1. The molecule has 1 aromatic heterocycles. The van der Waals surface area contributed by atoms with Crippen molar-refractivity contribution in [1.29, 1.82) is 0 Å². The van der Waals surface area contributed by atoms with Gasteiger partial charge in [0.05, 0.1) is 24.9 Å². The van der Waals surface area contributed by atoms with Gasteiger partial charge in [-0.15, -0.1) is 0 Å². The largest absolute Gasteiger partial charge is 0.492 e. The van der Waals surface area contributed by atoms with Gasteiger partial charge in [-0.05, 0) is 25.5 Å². The first-order valence-electron chi connectivity index (χ1n) is 4.96. The molecule has 0 aliphatic carbocycles. The van der Waals surface area contributed by atoms with E-state index in [1.165, 1.54) is 0 Å². The van der Waals surface area contributed by atoms with Crippen molar-refractivity contribution in [3.05, 3.63) is 24.0 Å². The Morgan fingerprint density at radius 1 is 1.47 bits per heavy atom. The van der Waals surface area contributed by atoms with E-state index in [0.717, 1.165) is 11.3 Å². The summed E-state index contributed by atoms with van der Waals surface area (Å²) >= 11 is 0. The summed E-state index contributed by atoms with van der Waals surface area (Å²) in [5.74, 6) is 0.739. The molecule has 0 fully saturated rings. The highest BCUT2D eigenvalue weighted by molar-refractivity contribution is 5.28. The molecule has 1 heterocycles. The summed E-state index contributed by atoms with van der Waals surface area (Å²) in [6, 6.07) is 1.90. The summed E-state index contributed by atoms with van der Waals surface area (Å²) in [6.07, 6.45) is 3.41. The van der Waals surface area contributed by atoms with Gasteiger partial charge in [-0.25, -0.2) is 0 Å². The van der Waals surface area contributed by atoms with E-state index in [2.05, 4.69) is 4.98 Å². The van der Waals surface area contributed by atoms with Crippen molar-refractivity contribution in [2.75, 3.05) is 20.3 Å². The van der Waals surface area contributed by atoms with Gasteiger partial charge in [0.1, 0.15) is 5.75 Å². The lowest BCUT2D eigenvalue weighted by Crippen LogP contribution is -2.37. The van der Waals surface area contributed by atoms with E-state index >= 15 is 0 Å². The molecular weight excluding hydrogens is 192 g/mol. The summed E-state index contributed by atoms with van der Waals surface area (Å²) in [5.41, 5.74) is 6.47. The maximum atomic E-state index is 6.09.